The quantitative estimate of drug-likeness (QED) is 0.557. The van der Waals surface area contributed by atoms with Crippen LogP contribution in [-0.2, 0) is 0 Å². The molecule has 0 fully saturated rings. The maximum absolute atomic E-state index is 5.48. The van der Waals surface area contributed by atoms with E-state index in [0.29, 0.717) is 0 Å². The Bertz CT molecular complexity index is 600. The molecule has 1 aromatic rings. The lowest BCUT2D eigenvalue weighted by atomic mass is 9.88. The van der Waals surface area contributed by atoms with E-state index in [4.69, 9.17) is 4.99 Å². The van der Waals surface area contributed by atoms with E-state index >= 15 is 0 Å². The van der Waals surface area contributed by atoms with Crippen molar-refractivity contribution in [3.8, 4) is 0 Å². The highest BCUT2D eigenvalue weighted by Gasteiger charge is 2.32. The van der Waals surface area contributed by atoms with Crippen molar-refractivity contribution in [2.24, 2.45) is 4.99 Å². The van der Waals surface area contributed by atoms with E-state index in [-0.39, 0.29) is 17.9 Å². The first-order chi connectivity index (χ1) is 11.3. The molecule has 0 saturated heterocycles. The van der Waals surface area contributed by atoms with Crippen molar-refractivity contribution in [2.75, 3.05) is 5.75 Å². The summed E-state index contributed by atoms with van der Waals surface area (Å²) in [4.78, 5) is 6.90. The van der Waals surface area contributed by atoms with Crippen LogP contribution in [0.25, 0.3) is 0 Å². The topological polar surface area (TPSA) is 12.4 Å². The molecule has 0 aromatic heterocycles. The van der Waals surface area contributed by atoms with Crippen molar-refractivity contribution in [1.29, 1.82) is 0 Å². The van der Waals surface area contributed by atoms with Crippen LogP contribution in [0.4, 0.5) is 0 Å². The predicted molar refractivity (Wildman–Crippen MR) is 110 cm³/mol. The third-order valence-electron chi connectivity index (χ3n) is 5.01. The zero-order valence-electron chi connectivity index (χ0n) is 15.0. The first-order valence-corrected chi connectivity index (χ1v) is 10.3. The van der Waals surface area contributed by atoms with Gasteiger partial charge in [-0.25, -0.2) is 0 Å². The van der Waals surface area contributed by atoms with Gasteiger partial charge in [0.2, 0.25) is 0 Å². The van der Waals surface area contributed by atoms with Gasteiger partial charge in [0.1, 0.15) is 0 Å². The number of fused-ring (bicyclic) bond motifs is 1. The molecule has 0 N–H and O–H groups in total. The normalized spacial score (nSPS) is 19.4. The minimum atomic E-state index is 0. The molecular weight excluding hydrogens is 334 g/mol. The number of hydrogen-bond donors (Lipinski definition) is 0. The van der Waals surface area contributed by atoms with Crippen LogP contribution < -0.4 is 0 Å². The lowest BCUT2D eigenvalue weighted by Crippen LogP contribution is -2.30. The van der Waals surface area contributed by atoms with E-state index in [2.05, 4.69) is 44.2 Å². The Hall–Kier alpha value is -0.730. The monoisotopic (exact) mass is 363 g/mol. The standard InChI is InChI=1S/C21H29NS.ClH/c1-3-14-21(15-4-2)16-23-19-13-9-8-12-18(19)20(22-21)17-10-6-5-7-11-17;/h8-10,12-13H,3-7,11,14-16H2,1-2H3;1H. The Morgan fingerprint density at radius 3 is 2.50 bits per heavy atom. The lowest BCUT2D eigenvalue weighted by Gasteiger charge is -2.29. The Kier molecular flexibility index (Phi) is 7.43. The minimum Gasteiger partial charge on any atom is -0.277 e. The van der Waals surface area contributed by atoms with Crippen LogP contribution in [0.3, 0.4) is 0 Å². The second-order valence-corrected chi connectivity index (χ2v) is 7.96. The fraction of sp³-hybridized carbons (Fsp3) is 0.571. The number of aliphatic imine (C=N–C) groups is 1. The summed E-state index contributed by atoms with van der Waals surface area (Å²) >= 11 is 2.02. The molecule has 3 heteroatoms. The van der Waals surface area contributed by atoms with E-state index in [1.54, 1.807) is 0 Å². The van der Waals surface area contributed by atoms with Crippen LogP contribution in [0.1, 0.15) is 70.8 Å². The van der Waals surface area contributed by atoms with Gasteiger partial charge in [-0.05, 0) is 50.2 Å². The van der Waals surface area contributed by atoms with Gasteiger partial charge in [0.05, 0.1) is 11.3 Å². The highest BCUT2D eigenvalue weighted by Crippen LogP contribution is 2.39. The zero-order valence-corrected chi connectivity index (χ0v) is 16.6. The maximum Gasteiger partial charge on any atom is 0.0709 e. The Labute approximate surface area is 157 Å². The van der Waals surface area contributed by atoms with Crippen LogP contribution >= 0.6 is 24.2 Å². The first kappa shape index (κ1) is 19.6. The van der Waals surface area contributed by atoms with Gasteiger partial charge in [0.15, 0.2) is 0 Å². The van der Waals surface area contributed by atoms with Crippen LogP contribution in [-0.4, -0.2) is 17.0 Å². The number of thioether (sulfide) groups is 1. The minimum absolute atomic E-state index is 0. The van der Waals surface area contributed by atoms with Crippen LogP contribution in [0.15, 0.2) is 45.8 Å². The number of benzene rings is 1. The van der Waals surface area contributed by atoms with E-state index < -0.39 is 0 Å². The fourth-order valence-corrected chi connectivity index (χ4v) is 5.21. The molecule has 0 atom stereocenters. The molecular formula is C21H30ClNS. The molecule has 132 valence electrons. The average molecular weight is 364 g/mol. The predicted octanol–water partition coefficient (Wildman–Crippen LogP) is 6.84. The summed E-state index contributed by atoms with van der Waals surface area (Å²) in [6.07, 6.45) is 12.4. The maximum atomic E-state index is 5.48. The highest BCUT2D eigenvalue weighted by molar-refractivity contribution is 7.99. The van der Waals surface area contributed by atoms with Gasteiger partial charge in [0.25, 0.3) is 0 Å². The van der Waals surface area contributed by atoms with E-state index in [1.807, 2.05) is 11.8 Å². The molecule has 2 aliphatic rings. The number of allylic oxidation sites excluding steroid dienone is 2. The molecule has 0 bridgehead atoms. The molecule has 24 heavy (non-hydrogen) atoms. The second kappa shape index (κ2) is 9.10. The second-order valence-electron chi connectivity index (χ2n) is 6.94. The van der Waals surface area contributed by atoms with Gasteiger partial charge in [-0.15, -0.1) is 24.2 Å². The van der Waals surface area contributed by atoms with Crippen LogP contribution in [0, 0.1) is 0 Å². The van der Waals surface area contributed by atoms with Gasteiger partial charge in [-0.2, -0.15) is 0 Å². The van der Waals surface area contributed by atoms with Crippen molar-refractivity contribution >= 4 is 29.9 Å². The smallest absolute Gasteiger partial charge is 0.0709 e. The summed E-state index contributed by atoms with van der Waals surface area (Å²) in [6, 6.07) is 8.91. The Balaban J connectivity index is 0.00000208. The molecule has 0 spiro atoms. The Morgan fingerprint density at radius 2 is 1.83 bits per heavy atom. The third-order valence-corrected chi connectivity index (χ3v) is 6.36. The summed E-state index contributed by atoms with van der Waals surface area (Å²) < 4.78 is 0. The van der Waals surface area contributed by atoms with Crippen molar-refractivity contribution in [2.45, 2.75) is 75.6 Å². The average Bonchev–Trinajstić information content (AvgIpc) is 2.75. The van der Waals surface area contributed by atoms with Crippen molar-refractivity contribution in [3.63, 3.8) is 0 Å². The number of nitrogens with zero attached hydrogens (tertiary/aromatic N) is 1. The summed E-state index contributed by atoms with van der Waals surface area (Å²) in [5, 5.41) is 0. The molecule has 0 unspecified atom stereocenters. The van der Waals surface area contributed by atoms with Gasteiger partial charge in [-0.1, -0.05) is 51.0 Å². The van der Waals surface area contributed by atoms with Gasteiger partial charge >= 0.3 is 0 Å². The molecule has 1 heterocycles. The summed E-state index contributed by atoms with van der Waals surface area (Å²) in [6.45, 7) is 4.60. The zero-order chi connectivity index (χ0) is 16.1. The highest BCUT2D eigenvalue weighted by atomic mass is 35.5. The van der Waals surface area contributed by atoms with E-state index in [0.717, 1.165) is 5.75 Å². The molecule has 0 saturated carbocycles. The molecule has 1 aliphatic heterocycles. The summed E-state index contributed by atoms with van der Waals surface area (Å²) in [5.74, 6) is 1.13. The first-order valence-electron chi connectivity index (χ1n) is 9.29. The van der Waals surface area contributed by atoms with E-state index in [1.165, 1.54) is 73.1 Å². The van der Waals surface area contributed by atoms with Crippen LogP contribution in [0.5, 0.6) is 0 Å². The molecule has 1 aromatic carbocycles. The van der Waals surface area contributed by atoms with Crippen molar-refractivity contribution in [1.82, 2.24) is 0 Å². The van der Waals surface area contributed by atoms with Crippen molar-refractivity contribution in [3.05, 3.63) is 41.5 Å². The molecule has 3 rings (SSSR count). The molecule has 0 radical (unpaired) electrons. The number of rotatable bonds is 5. The molecule has 1 aliphatic carbocycles. The lowest BCUT2D eigenvalue weighted by molar-refractivity contribution is 0.404. The van der Waals surface area contributed by atoms with Crippen molar-refractivity contribution < 1.29 is 0 Å². The summed E-state index contributed by atoms with van der Waals surface area (Å²) in [7, 11) is 0. The fourth-order valence-electron chi connectivity index (χ4n) is 3.94. The molecule has 1 nitrogen and oxygen atoms in total. The SMILES string of the molecule is CCCC1(CCC)CSc2ccccc2C(C2=CCCCC2)=N1.Cl. The van der Waals surface area contributed by atoms with Gasteiger partial charge in [0, 0.05) is 16.2 Å². The van der Waals surface area contributed by atoms with Gasteiger partial charge in [-0.3, -0.25) is 4.99 Å². The van der Waals surface area contributed by atoms with E-state index in [9.17, 15) is 0 Å². The number of halogens is 1. The Morgan fingerprint density at radius 1 is 1.08 bits per heavy atom. The third kappa shape index (κ3) is 4.26. The summed E-state index contributed by atoms with van der Waals surface area (Å²) in [5.41, 5.74) is 4.32. The van der Waals surface area contributed by atoms with Crippen LogP contribution in [0.2, 0.25) is 0 Å². The molecule has 0 amide bonds. The van der Waals surface area contributed by atoms with Gasteiger partial charge < -0.3 is 0 Å². The number of hydrogen-bond acceptors (Lipinski definition) is 2. The largest absolute Gasteiger partial charge is 0.277 e.